The van der Waals surface area contributed by atoms with Crippen LogP contribution in [0.4, 0.5) is 5.69 Å². The summed E-state index contributed by atoms with van der Waals surface area (Å²) in [5.74, 6) is 0.297. The van der Waals surface area contributed by atoms with Gasteiger partial charge in [-0.15, -0.1) is 10.2 Å². The molecule has 3 aromatic rings. The summed E-state index contributed by atoms with van der Waals surface area (Å²) in [4.78, 5) is 13.5. The number of amides is 1. The van der Waals surface area contributed by atoms with Gasteiger partial charge in [-0.05, 0) is 60.5 Å². The van der Waals surface area contributed by atoms with Crippen LogP contribution < -0.4 is 5.32 Å². The summed E-state index contributed by atoms with van der Waals surface area (Å²) in [5, 5.41) is 15.1. The fraction of sp³-hybridized carbons (Fsp3) is 0.176. The highest BCUT2D eigenvalue weighted by molar-refractivity contribution is 9.10. The summed E-state index contributed by atoms with van der Waals surface area (Å²) in [7, 11) is 0. The van der Waals surface area contributed by atoms with Crippen LogP contribution >= 0.6 is 15.9 Å². The van der Waals surface area contributed by atoms with E-state index in [2.05, 4.69) is 36.7 Å². The van der Waals surface area contributed by atoms with E-state index in [4.69, 9.17) is 0 Å². The molecule has 1 aromatic heterocycles. The van der Waals surface area contributed by atoms with Crippen molar-refractivity contribution in [1.29, 1.82) is 0 Å². The molecule has 0 radical (unpaired) electrons. The van der Waals surface area contributed by atoms with Crippen LogP contribution in [0.2, 0.25) is 0 Å². The van der Waals surface area contributed by atoms with Gasteiger partial charge in [-0.3, -0.25) is 4.79 Å². The third-order valence-corrected chi connectivity index (χ3v) is 4.25. The largest absolute Gasteiger partial charge is 0.324 e. The maximum absolute atomic E-state index is 12.2. The topological polar surface area (TPSA) is 72.7 Å². The number of hydrogen-bond acceptors (Lipinski definition) is 4. The quantitative estimate of drug-likeness (QED) is 0.747. The standard InChI is InChI=1S/C17H16BrN5O/c1-11-4-3-5-15(12(11)2)19-16(24)10-23-21-17(20-22-23)13-6-8-14(18)9-7-13/h3-9H,10H2,1-2H3,(H,19,24). The third-order valence-electron chi connectivity index (χ3n) is 3.72. The number of aryl methyl sites for hydroxylation is 1. The Bertz CT molecular complexity index is 873. The van der Waals surface area contributed by atoms with Gasteiger partial charge in [-0.1, -0.05) is 28.1 Å². The second-order valence-corrected chi connectivity index (χ2v) is 6.36. The van der Waals surface area contributed by atoms with Crippen LogP contribution in [0.25, 0.3) is 11.4 Å². The average molecular weight is 386 g/mol. The highest BCUT2D eigenvalue weighted by Gasteiger charge is 2.11. The second kappa shape index (κ2) is 6.92. The van der Waals surface area contributed by atoms with Gasteiger partial charge in [-0.2, -0.15) is 4.80 Å². The van der Waals surface area contributed by atoms with E-state index in [1.165, 1.54) is 4.80 Å². The number of carbonyl (C=O) groups excluding carboxylic acids is 1. The molecule has 0 atom stereocenters. The fourth-order valence-electron chi connectivity index (χ4n) is 2.23. The zero-order chi connectivity index (χ0) is 17.1. The average Bonchev–Trinajstić information content (AvgIpc) is 3.01. The molecule has 0 spiro atoms. The molecule has 1 amide bonds. The Morgan fingerprint density at radius 3 is 2.67 bits per heavy atom. The van der Waals surface area contributed by atoms with Gasteiger partial charge in [-0.25, -0.2) is 0 Å². The maximum atomic E-state index is 12.2. The van der Waals surface area contributed by atoms with Gasteiger partial charge in [0.05, 0.1) is 0 Å². The predicted octanol–water partition coefficient (Wildman–Crippen LogP) is 3.36. The Kier molecular flexibility index (Phi) is 4.71. The van der Waals surface area contributed by atoms with Crippen molar-refractivity contribution in [2.75, 3.05) is 5.32 Å². The minimum Gasteiger partial charge on any atom is -0.324 e. The van der Waals surface area contributed by atoms with Gasteiger partial charge in [0.15, 0.2) is 0 Å². The number of nitrogens with one attached hydrogen (secondary N) is 1. The van der Waals surface area contributed by atoms with Gasteiger partial charge in [0, 0.05) is 15.7 Å². The Balaban J connectivity index is 1.69. The molecule has 1 N–H and O–H groups in total. The smallest absolute Gasteiger partial charge is 0.248 e. The lowest BCUT2D eigenvalue weighted by Gasteiger charge is -2.09. The number of rotatable bonds is 4. The number of benzene rings is 2. The van der Waals surface area contributed by atoms with Crippen LogP contribution in [0.1, 0.15) is 11.1 Å². The van der Waals surface area contributed by atoms with E-state index >= 15 is 0 Å². The Labute approximate surface area is 148 Å². The fourth-order valence-corrected chi connectivity index (χ4v) is 2.49. The van der Waals surface area contributed by atoms with Crippen LogP contribution in [-0.4, -0.2) is 26.1 Å². The summed E-state index contributed by atoms with van der Waals surface area (Å²) >= 11 is 3.38. The lowest BCUT2D eigenvalue weighted by Crippen LogP contribution is -2.21. The second-order valence-electron chi connectivity index (χ2n) is 5.45. The van der Waals surface area contributed by atoms with Crippen molar-refractivity contribution >= 4 is 27.5 Å². The Morgan fingerprint density at radius 1 is 1.17 bits per heavy atom. The van der Waals surface area contributed by atoms with E-state index in [9.17, 15) is 4.79 Å². The first-order valence-corrected chi connectivity index (χ1v) is 8.22. The number of hydrogen-bond donors (Lipinski definition) is 1. The molecule has 7 heteroatoms. The molecule has 0 fully saturated rings. The maximum Gasteiger partial charge on any atom is 0.248 e. The molecule has 0 aliphatic rings. The van der Waals surface area contributed by atoms with E-state index < -0.39 is 0 Å². The monoisotopic (exact) mass is 385 g/mol. The van der Waals surface area contributed by atoms with E-state index in [0.717, 1.165) is 26.9 Å². The van der Waals surface area contributed by atoms with Crippen LogP contribution in [0.3, 0.4) is 0 Å². The minimum absolute atomic E-state index is 0.0108. The Morgan fingerprint density at radius 2 is 1.92 bits per heavy atom. The molecule has 24 heavy (non-hydrogen) atoms. The van der Waals surface area contributed by atoms with E-state index in [-0.39, 0.29) is 12.5 Å². The van der Waals surface area contributed by atoms with Crippen molar-refractivity contribution in [2.24, 2.45) is 0 Å². The number of carbonyl (C=O) groups is 1. The SMILES string of the molecule is Cc1cccc(NC(=O)Cn2nnc(-c3ccc(Br)cc3)n2)c1C. The van der Waals surface area contributed by atoms with Crippen LogP contribution in [0.15, 0.2) is 46.9 Å². The van der Waals surface area contributed by atoms with Crippen LogP contribution in [0.5, 0.6) is 0 Å². The zero-order valence-corrected chi connectivity index (χ0v) is 14.9. The Hall–Kier alpha value is -2.54. The van der Waals surface area contributed by atoms with E-state index in [0.29, 0.717) is 5.82 Å². The van der Waals surface area contributed by atoms with Crippen molar-refractivity contribution < 1.29 is 4.79 Å². The molecule has 0 unspecified atom stereocenters. The molecular formula is C17H16BrN5O. The van der Waals surface area contributed by atoms with Crippen molar-refractivity contribution in [2.45, 2.75) is 20.4 Å². The summed E-state index contributed by atoms with van der Waals surface area (Å²) in [5.41, 5.74) is 3.82. The summed E-state index contributed by atoms with van der Waals surface area (Å²) in [6.07, 6.45) is 0. The molecule has 1 heterocycles. The van der Waals surface area contributed by atoms with Crippen molar-refractivity contribution in [3.63, 3.8) is 0 Å². The van der Waals surface area contributed by atoms with Gasteiger partial charge >= 0.3 is 0 Å². The van der Waals surface area contributed by atoms with Crippen molar-refractivity contribution in [3.05, 3.63) is 58.1 Å². The van der Waals surface area contributed by atoms with Crippen LogP contribution in [0, 0.1) is 13.8 Å². The normalized spacial score (nSPS) is 10.6. The highest BCUT2D eigenvalue weighted by Crippen LogP contribution is 2.19. The summed E-state index contributed by atoms with van der Waals surface area (Å²) < 4.78 is 0.978. The number of nitrogens with zero attached hydrogens (tertiary/aromatic N) is 4. The van der Waals surface area contributed by atoms with E-state index in [1.807, 2.05) is 56.3 Å². The number of aromatic nitrogens is 4. The lowest BCUT2D eigenvalue weighted by atomic mass is 10.1. The molecule has 0 aliphatic heterocycles. The van der Waals surface area contributed by atoms with Gasteiger partial charge < -0.3 is 5.32 Å². The molecule has 3 rings (SSSR count). The van der Waals surface area contributed by atoms with Gasteiger partial charge in [0.2, 0.25) is 11.7 Å². The molecular weight excluding hydrogens is 370 g/mol. The van der Waals surface area contributed by atoms with Crippen LogP contribution in [-0.2, 0) is 11.3 Å². The lowest BCUT2D eigenvalue weighted by molar-refractivity contribution is -0.117. The zero-order valence-electron chi connectivity index (χ0n) is 13.3. The first-order valence-electron chi connectivity index (χ1n) is 7.43. The van der Waals surface area contributed by atoms with Gasteiger partial charge in [0.25, 0.3) is 0 Å². The van der Waals surface area contributed by atoms with Crippen molar-refractivity contribution in [1.82, 2.24) is 20.2 Å². The molecule has 2 aromatic carbocycles. The first kappa shape index (κ1) is 16.3. The third kappa shape index (κ3) is 3.68. The number of tetrazole rings is 1. The van der Waals surface area contributed by atoms with Gasteiger partial charge in [0.1, 0.15) is 6.54 Å². The first-order chi connectivity index (χ1) is 11.5. The highest BCUT2D eigenvalue weighted by atomic mass is 79.9. The van der Waals surface area contributed by atoms with Crippen molar-refractivity contribution in [3.8, 4) is 11.4 Å². The number of halogens is 1. The molecule has 0 saturated carbocycles. The molecule has 0 bridgehead atoms. The summed E-state index contributed by atoms with van der Waals surface area (Å²) in [6.45, 7) is 4.00. The minimum atomic E-state index is -0.191. The van der Waals surface area contributed by atoms with E-state index in [1.54, 1.807) is 0 Å². The predicted molar refractivity (Wildman–Crippen MR) is 95.5 cm³/mol. The molecule has 0 aliphatic carbocycles. The number of anilines is 1. The molecule has 6 nitrogen and oxygen atoms in total. The summed E-state index contributed by atoms with van der Waals surface area (Å²) in [6, 6.07) is 13.4. The molecule has 122 valence electrons. The molecule has 0 saturated heterocycles.